The van der Waals surface area contributed by atoms with Crippen LogP contribution < -0.4 is 14.8 Å². The minimum absolute atomic E-state index is 0.133. The smallest absolute Gasteiger partial charge is 0.387 e. The van der Waals surface area contributed by atoms with Crippen molar-refractivity contribution >= 4 is 11.6 Å². The van der Waals surface area contributed by atoms with Gasteiger partial charge in [-0.1, -0.05) is 25.0 Å². The lowest BCUT2D eigenvalue weighted by molar-refractivity contribution is -0.121. The Balaban J connectivity index is 1.89. The number of halogens is 3. The molecule has 0 radical (unpaired) electrons. The van der Waals surface area contributed by atoms with Crippen LogP contribution in [0.2, 0.25) is 0 Å². The van der Waals surface area contributed by atoms with Gasteiger partial charge in [-0.3, -0.25) is 4.79 Å². The van der Waals surface area contributed by atoms with Crippen LogP contribution in [0.15, 0.2) is 42.5 Å². The van der Waals surface area contributed by atoms with Gasteiger partial charge in [0.15, 0.2) is 11.5 Å². The summed E-state index contributed by atoms with van der Waals surface area (Å²) in [5.41, 5.74) is 0.0837. The van der Waals surface area contributed by atoms with Crippen LogP contribution in [0.25, 0.3) is 0 Å². The maximum Gasteiger partial charge on any atom is 0.387 e. The van der Waals surface area contributed by atoms with E-state index in [2.05, 4.69) is 10.1 Å². The third kappa shape index (κ3) is 4.02. The lowest BCUT2D eigenvalue weighted by Crippen LogP contribution is -2.38. The molecule has 1 aliphatic carbocycles. The molecule has 0 aliphatic heterocycles. The fourth-order valence-corrected chi connectivity index (χ4v) is 3.60. The van der Waals surface area contributed by atoms with Gasteiger partial charge < -0.3 is 14.8 Å². The molecule has 0 atom stereocenters. The van der Waals surface area contributed by atoms with Gasteiger partial charge in [0.1, 0.15) is 5.82 Å². The minimum Gasteiger partial charge on any atom is -0.493 e. The van der Waals surface area contributed by atoms with E-state index in [4.69, 9.17) is 4.74 Å². The number of carbonyl (C=O) groups excluding carboxylic acids is 1. The fraction of sp³-hybridized carbons (Fsp3) is 0.350. The zero-order valence-corrected chi connectivity index (χ0v) is 14.8. The molecular weight excluding hydrogens is 359 g/mol. The highest BCUT2D eigenvalue weighted by Gasteiger charge is 2.43. The zero-order chi connectivity index (χ0) is 19.4. The SMILES string of the molecule is COc1ccc(NC(=O)C2(c3cccc(F)c3)CCCC2)cc1OC(F)F. The standard InChI is InChI=1S/C20H20F3NO3/c1-26-16-8-7-15(12-17(16)27-19(22)23)24-18(25)20(9-2-3-10-20)13-5-4-6-14(21)11-13/h4-8,11-12,19H,2-3,9-10H2,1H3,(H,24,25). The summed E-state index contributed by atoms with van der Waals surface area (Å²) in [6.07, 6.45) is 2.90. The van der Waals surface area contributed by atoms with E-state index in [0.717, 1.165) is 12.8 Å². The number of ether oxygens (including phenoxy) is 2. The summed E-state index contributed by atoms with van der Waals surface area (Å²) in [4.78, 5) is 13.1. The second-order valence-corrected chi connectivity index (χ2v) is 6.50. The number of hydrogen-bond acceptors (Lipinski definition) is 3. The van der Waals surface area contributed by atoms with Crippen molar-refractivity contribution in [1.29, 1.82) is 0 Å². The third-order valence-electron chi connectivity index (χ3n) is 4.91. The van der Waals surface area contributed by atoms with Crippen LogP contribution in [-0.4, -0.2) is 19.6 Å². The van der Waals surface area contributed by atoms with Gasteiger partial charge in [0.2, 0.25) is 5.91 Å². The number of amides is 1. The number of carbonyl (C=O) groups is 1. The molecule has 2 aromatic rings. The van der Waals surface area contributed by atoms with Crippen molar-refractivity contribution in [2.24, 2.45) is 0 Å². The van der Waals surface area contributed by atoms with Crippen molar-refractivity contribution < 1.29 is 27.4 Å². The van der Waals surface area contributed by atoms with E-state index in [1.165, 1.54) is 31.4 Å². The largest absolute Gasteiger partial charge is 0.493 e. The van der Waals surface area contributed by atoms with Gasteiger partial charge in [0, 0.05) is 11.8 Å². The molecule has 27 heavy (non-hydrogen) atoms. The topological polar surface area (TPSA) is 47.6 Å². The molecule has 1 aliphatic rings. The molecule has 1 saturated carbocycles. The molecule has 0 aromatic heterocycles. The Morgan fingerprint density at radius 2 is 1.85 bits per heavy atom. The monoisotopic (exact) mass is 379 g/mol. The van der Waals surface area contributed by atoms with Crippen molar-refractivity contribution in [2.75, 3.05) is 12.4 Å². The summed E-state index contributed by atoms with van der Waals surface area (Å²) < 4.78 is 48.3. The molecule has 0 spiro atoms. The van der Waals surface area contributed by atoms with Crippen molar-refractivity contribution in [2.45, 2.75) is 37.7 Å². The second-order valence-electron chi connectivity index (χ2n) is 6.50. The number of anilines is 1. The first-order valence-corrected chi connectivity index (χ1v) is 8.65. The summed E-state index contributed by atoms with van der Waals surface area (Å²) in [5, 5.41) is 2.77. The maximum atomic E-state index is 13.7. The number of benzene rings is 2. The van der Waals surface area contributed by atoms with Gasteiger partial charge >= 0.3 is 6.61 Å². The van der Waals surface area contributed by atoms with Crippen LogP contribution in [-0.2, 0) is 10.2 Å². The molecule has 4 nitrogen and oxygen atoms in total. The highest BCUT2D eigenvalue weighted by atomic mass is 19.3. The van der Waals surface area contributed by atoms with E-state index in [1.54, 1.807) is 18.2 Å². The van der Waals surface area contributed by atoms with Crippen LogP contribution >= 0.6 is 0 Å². The molecule has 3 rings (SSSR count). The number of methoxy groups -OCH3 is 1. The highest BCUT2D eigenvalue weighted by molar-refractivity contribution is 5.99. The summed E-state index contributed by atoms with van der Waals surface area (Å²) >= 11 is 0. The molecule has 1 amide bonds. The molecule has 7 heteroatoms. The first-order valence-electron chi connectivity index (χ1n) is 8.65. The number of rotatable bonds is 6. The van der Waals surface area contributed by atoms with E-state index >= 15 is 0 Å². The predicted molar refractivity (Wildman–Crippen MR) is 94.8 cm³/mol. The Bertz CT molecular complexity index is 820. The van der Waals surface area contributed by atoms with Gasteiger partial charge in [-0.2, -0.15) is 8.78 Å². The Hall–Kier alpha value is -2.70. The lowest BCUT2D eigenvalue weighted by Gasteiger charge is -2.28. The summed E-state index contributed by atoms with van der Waals surface area (Å²) in [7, 11) is 1.34. The van der Waals surface area contributed by atoms with Crippen LogP contribution in [0.4, 0.5) is 18.9 Å². The van der Waals surface area contributed by atoms with Crippen molar-refractivity contribution in [3.05, 3.63) is 53.8 Å². The fourth-order valence-electron chi connectivity index (χ4n) is 3.60. The third-order valence-corrected chi connectivity index (χ3v) is 4.91. The average Bonchev–Trinajstić information content (AvgIpc) is 3.13. The number of alkyl halides is 2. The van der Waals surface area contributed by atoms with E-state index in [9.17, 15) is 18.0 Å². The minimum atomic E-state index is -3.02. The predicted octanol–water partition coefficient (Wildman–Crippen LogP) is 4.89. The van der Waals surface area contributed by atoms with Gasteiger partial charge in [0.25, 0.3) is 0 Å². The van der Waals surface area contributed by atoms with Crippen molar-refractivity contribution in [3.63, 3.8) is 0 Å². The Morgan fingerprint density at radius 3 is 2.48 bits per heavy atom. The van der Waals surface area contributed by atoms with Gasteiger partial charge in [-0.15, -0.1) is 0 Å². The average molecular weight is 379 g/mol. The van der Waals surface area contributed by atoms with Crippen molar-refractivity contribution in [3.8, 4) is 11.5 Å². The van der Waals surface area contributed by atoms with Gasteiger partial charge in [-0.05, 0) is 42.7 Å². The molecule has 0 bridgehead atoms. The normalized spacial score (nSPS) is 15.6. The lowest BCUT2D eigenvalue weighted by atomic mass is 9.78. The summed E-state index contributed by atoms with van der Waals surface area (Å²) in [6.45, 7) is -3.02. The molecule has 2 aromatic carbocycles. The van der Waals surface area contributed by atoms with E-state index in [1.807, 2.05) is 0 Å². The molecule has 0 heterocycles. The quantitative estimate of drug-likeness (QED) is 0.778. The molecule has 1 N–H and O–H groups in total. The van der Waals surface area contributed by atoms with Gasteiger partial charge in [-0.25, -0.2) is 4.39 Å². The van der Waals surface area contributed by atoms with E-state index < -0.39 is 17.8 Å². The van der Waals surface area contributed by atoms with Crippen LogP contribution in [0.1, 0.15) is 31.2 Å². The zero-order valence-electron chi connectivity index (χ0n) is 14.8. The molecular formula is C20H20F3NO3. The summed E-state index contributed by atoms with van der Waals surface area (Å²) in [5.74, 6) is -0.729. The van der Waals surface area contributed by atoms with Gasteiger partial charge in [0.05, 0.1) is 12.5 Å². The number of hydrogen-bond donors (Lipinski definition) is 1. The Kier molecular flexibility index (Phi) is 5.58. The molecule has 0 saturated heterocycles. The molecule has 1 fully saturated rings. The maximum absolute atomic E-state index is 13.7. The number of nitrogens with one attached hydrogen (secondary N) is 1. The highest BCUT2D eigenvalue weighted by Crippen LogP contribution is 2.42. The van der Waals surface area contributed by atoms with Crippen LogP contribution in [0, 0.1) is 5.82 Å². The van der Waals surface area contributed by atoms with Crippen LogP contribution in [0.3, 0.4) is 0 Å². The van der Waals surface area contributed by atoms with E-state index in [0.29, 0.717) is 24.1 Å². The second kappa shape index (κ2) is 7.90. The summed E-state index contributed by atoms with van der Waals surface area (Å²) in [6, 6.07) is 10.3. The molecule has 144 valence electrons. The first kappa shape index (κ1) is 19.1. The van der Waals surface area contributed by atoms with Crippen molar-refractivity contribution in [1.82, 2.24) is 0 Å². The van der Waals surface area contributed by atoms with Crippen LogP contribution in [0.5, 0.6) is 11.5 Å². The Labute approximate surface area is 155 Å². The first-order chi connectivity index (χ1) is 12.9. The molecule has 0 unspecified atom stereocenters. The Morgan fingerprint density at radius 1 is 1.11 bits per heavy atom. The van der Waals surface area contributed by atoms with E-state index in [-0.39, 0.29) is 17.4 Å².